The maximum atomic E-state index is 14.1. The summed E-state index contributed by atoms with van der Waals surface area (Å²) in [6, 6.07) is 12.3. The van der Waals surface area contributed by atoms with E-state index in [1.54, 1.807) is 6.07 Å². The van der Waals surface area contributed by atoms with Gasteiger partial charge in [-0.3, -0.25) is 0 Å². The number of benzene rings is 2. The summed E-state index contributed by atoms with van der Waals surface area (Å²) in [6.07, 6.45) is 0.524. The highest BCUT2D eigenvalue weighted by molar-refractivity contribution is 9.10. The van der Waals surface area contributed by atoms with Crippen LogP contribution in [0.4, 0.5) is 18.9 Å². The second kappa shape index (κ2) is 7.68. The molecule has 1 fully saturated rings. The molecule has 2 aromatic rings. The summed E-state index contributed by atoms with van der Waals surface area (Å²) < 4.78 is 46.8. The number of anilines is 1. The molecular formula is C19H19BrF3NO. The Morgan fingerprint density at radius 2 is 1.76 bits per heavy atom. The van der Waals surface area contributed by atoms with Crippen molar-refractivity contribution in [3.05, 3.63) is 58.3 Å². The molecule has 1 aliphatic rings. The van der Waals surface area contributed by atoms with Crippen LogP contribution in [-0.4, -0.2) is 12.0 Å². The quantitative estimate of drug-likeness (QED) is 0.633. The summed E-state index contributed by atoms with van der Waals surface area (Å²) in [6.45, 7) is 0.246. The lowest BCUT2D eigenvalue weighted by Crippen LogP contribution is -2.32. The highest BCUT2D eigenvalue weighted by atomic mass is 79.9. The lowest BCUT2D eigenvalue weighted by Gasteiger charge is -2.30. The first kappa shape index (κ1) is 18.1. The van der Waals surface area contributed by atoms with Gasteiger partial charge in [-0.15, -0.1) is 0 Å². The van der Waals surface area contributed by atoms with Crippen molar-refractivity contribution in [3.63, 3.8) is 0 Å². The van der Waals surface area contributed by atoms with Gasteiger partial charge < -0.3 is 10.1 Å². The minimum atomic E-state index is -2.57. The molecule has 1 N–H and O–H groups in total. The Labute approximate surface area is 153 Å². The number of alkyl halides is 2. The fourth-order valence-electron chi connectivity index (χ4n) is 2.91. The van der Waals surface area contributed by atoms with E-state index in [9.17, 15) is 13.2 Å². The molecule has 2 aromatic carbocycles. The fourth-order valence-corrected chi connectivity index (χ4v) is 3.46. The van der Waals surface area contributed by atoms with E-state index < -0.39 is 11.7 Å². The van der Waals surface area contributed by atoms with Crippen molar-refractivity contribution in [1.29, 1.82) is 0 Å². The largest absolute Gasteiger partial charge is 0.485 e. The van der Waals surface area contributed by atoms with Crippen molar-refractivity contribution in [1.82, 2.24) is 0 Å². The molecule has 0 bridgehead atoms. The van der Waals surface area contributed by atoms with Crippen LogP contribution in [0, 0.1) is 5.82 Å². The molecule has 3 rings (SSSR count). The van der Waals surface area contributed by atoms with Crippen molar-refractivity contribution < 1.29 is 17.9 Å². The molecule has 1 aliphatic carbocycles. The second-order valence-electron chi connectivity index (χ2n) is 6.29. The van der Waals surface area contributed by atoms with Crippen LogP contribution in [0.25, 0.3) is 0 Å². The molecule has 0 spiro atoms. The highest BCUT2D eigenvalue weighted by Crippen LogP contribution is 2.39. The van der Waals surface area contributed by atoms with E-state index in [-0.39, 0.29) is 31.2 Å². The van der Waals surface area contributed by atoms with E-state index in [4.69, 9.17) is 4.74 Å². The molecule has 0 atom stereocenters. The van der Waals surface area contributed by atoms with Crippen LogP contribution in [0.2, 0.25) is 0 Å². The third-order valence-electron chi connectivity index (χ3n) is 4.35. The number of ether oxygens (including phenoxy) is 1. The van der Waals surface area contributed by atoms with Crippen LogP contribution in [0.15, 0.2) is 46.9 Å². The van der Waals surface area contributed by atoms with Crippen LogP contribution in [0.5, 0.6) is 5.75 Å². The normalized spacial score (nSPS) is 17.3. The van der Waals surface area contributed by atoms with Crippen LogP contribution in [0.3, 0.4) is 0 Å². The van der Waals surface area contributed by atoms with Crippen molar-refractivity contribution in [2.45, 2.75) is 44.3 Å². The van der Waals surface area contributed by atoms with Gasteiger partial charge in [0, 0.05) is 18.9 Å². The Balaban J connectivity index is 1.69. The summed E-state index contributed by atoms with van der Waals surface area (Å²) in [7, 11) is 0. The number of nitrogens with one attached hydrogen (secondary N) is 1. The molecule has 0 aliphatic heterocycles. The fraction of sp³-hybridized carbons (Fsp3) is 0.368. The molecule has 0 heterocycles. The Morgan fingerprint density at radius 1 is 1.08 bits per heavy atom. The zero-order valence-corrected chi connectivity index (χ0v) is 15.2. The maximum Gasteiger partial charge on any atom is 0.248 e. The van der Waals surface area contributed by atoms with E-state index >= 15 is 0 Å². The number of halogens is 4. The zero-order valence-electron chi connectivity index (χ0n) is 13.6. The molecule has 0 saturated heterocycles. The maximum absolute atomic E-state index is 14.1. The highest BCUT2D eigenvalue weighted by Gasteiger charge is 2.35. The summed E-state index contributed by atoms with van der Waals surface area (Å²) >= 11 is 3.38. The standard InChI is InChI=1S/C19H19BrF3NO/c20-17-16(24-14-8-10-19(22,23)11-9-14)7-6-15(21)18(17)25-12-13-4-2-1-3-5-13/h1-7,14,24H,8-12H2. The van der Waals surface area contributed by atoms with Crippen molar-refractivity contribution in [3.8, 4) is 5.75 Å². The molecule has 6 heteroatoms. The Morgan fingerprint density at radius 3 is 2.44 bits per heavy atom. The zero-order chi connectivity index (χ0) is 17.9. The minimum absolute atomic E-state index is 0.0524. The van der Waals surface area contributed by atoms with Gasteiger partial charge in [-0.05, 0) is 46.5 Å². The van der Waals surface area contributed by atoms with Gasteiger partial charge in [0.05, 0.1) is 10.2 Å². The Hall–Kier alpha value is -1.69. The lowest BCUT2D eigenvalue weighted by molar-refractivity contribution is -0.0360. The van der Waals surface area contributed by atoms with E-state index in [1.165, 1.54) is 6.07 Å². The second-order valence-corrected chi connectivity index (χ2v) is 7.08. The monoisotopic (exact) mass is 413 g/mol. The minimum Gasteiger partial charge on any atom is -0.485 e. The van der Waals surface area contributed by atoms with Gasteiger partial charge in [0.2, 0.25) is 5.92 Å². The molecule has 1 saturated carbocycles. The summed E-state index contributed by atoms with van der Waals surface area (Å²) in [4.78, 5) is 0. The Bertz CT molecular complexity index is 714. The van der Waals surface area contributed by atoms with Gasteiger partial charge in [-0.2, -0.15) is 0 Å². The lowest BCUT2D eigenvalue weighted by atomic mass is 9.92. The van der Waals surface area contributed by atoms with Crippen molar-refractivity contribution >= 4 is 21.6 Å². The third-order valence-corrected chi connectivity index (χ3v) is 5.14. The summed E-state index contributed by atoms with van der Waals surface area (Å²) in [5.74, 6) is -2.92. The summed E-state index contributed by atoms with van der Waals surface area (Å²) in [5.41, 5.74) is 1.58. The molecule has 0 unspecified atom stereocenters. The van der Waals surface area contributed by atoms with E-state index in [1.807, 2.05) is 30.3 Å². The van der Waals surface area contributed by atoms with Gasteiger partial charge in [-0.25, -0.2) is 13.2 Å². The SMILES string of the molecule is Fc1ccc(NC2CCC(F)(F)CC2)c(Br)c1OCc1ccccc1. The molecule has 0 aromatic heterocycles. The van der Waals surface area contributed by atoms with Gasteiger partial charge in [0.15, 0.2) is 11.6 Å². The van der Waals surface area contributed by atoms with Gasteiger partial charge in [0.25, 0.3) is 0 Å². The van der Waals surface area contributed by atoms with Crippen LogP contribution in [0.1, 0.15) is 31.2 Å². The number of hydrogen-bond donors (Lipinski definition) is 1. The predicted octanol–water partition coefficient (Wildman–Crippen LogP) is 6.16. The number of rotatable bonds is 5. The first-order valence-electron chi connectivity index (χ1n) is 8.24. The predicted molar refractivity (Wildman–Crippen MR) is 95.7 cm³/mol. The molecule has 0 radical (unpaired) electrons. The van der Waals surface area contributed by atoms with Crippen LogP contribution >= 0.6 is 15.9 Å². The molecule has 0 amide bonds. The van der Waals surface area contributed by atoms with E-state index in [0.717, 1.165) is 5.56 Å². The summed E-state index contributed by atoms with van der Waals surface area (Å²) in [5, 5.41) is 3.23. The van der Waals surface area contributed by atoms with Gasteiger partial charge >= 0.3 is 0 Å². The molecular weight excluding hydrogens is 395 g/mol. The first-order valence-corrected chi connectivity index (χ1v) is 9.03. The average Bonchev–Trinajstić information content (AvgIpc) is 2.60. The van der Waals surface area contributed by atoms with Gasteiger partial charge in [0.1, 0.15) is 6.61 Å². The van der Waals surface area contributed by atoms with Crippen molar-refractivity contribution in [2.75, 3.05) is 5.32 Å². The smallest absolute Gasteiger partial charge is 0.248 e. The molecule has 2 nitrogen and oxygen atoms in total. The van der Waals surface area contributed by atoms with E-state index in [2.05, 4.69) is 21.2 Å². The van der Waals surface area contributed by atoms with Crippen LogP contribution < -0.4 is 10.1 Å². The number of hydrogen-bond acceptors (Lipinski definition) is 2. The van der Waals surface area contributed by atoms with Gasteiger partial charge in [-0.1, -0.05) is 30.3 Å². The molecule has 25 heavy (non-hydrogen) atoms. The van der Waals surface area contributed by atoms with E-state index in [0.29, 0.717) is 23.0 Å². The Kier molecular flexibility index (Phi) is 5.57. The first-order chi connectivity index (χ1) is 11.9. The van der Waals surface area contributed by atoms with Crippen molar-refractivity contribution in [2.24, 2.45) is 0 Å². The van der Waals surface area contributed by atoms with Crippen LogP contribution in [-0.2, 0) is 6.61 Å². The molecule has 134 valence electrons. The third kappa shape index (κ3) is 4.69. The average molecular weight is 414 g/mol. The topological polar surface area (TPSA) is 21.3 Å².